The number of non-ortho nitro benzene ring substituents is 1. The van der Waals surface area contributed by atoms with Crippen LogP contribution in [0.4, 0.5) is 11.4 Å². The average Bonchev–Trinajstić information content (AvgIpc) is 2.84. The highest BCUT2D eigenvalue weighted by Gasteiger charge is 2.12. The third-order valence-electron chi connectivity index (χ3n) is 2.63. The highest BCUT2D eigenvalue weighted by atomic mass is 35.5. The summed E-state index contributed by atoms with van der Waals surface area (Å²) in [5, 5.41) is 27.0. The van der Waals surface area contributed by atoms with E-state index in [2.05, 4.69) is 10.4 Å². The van der Waals surface area contributed by atoms with E-state index < -0.39 is 10.8 Å². The van der Waals surface area contributed by atoms with Crippen molar-refractivity contribution >= 4 is 28.9 Å². The number of nitro benzene ring substituents is 1. The summed E-state index contributed by atoms with van der Waals surface area (Å²) >= 11 is 5.69. The Morgan fingerprint density at radius 2 is 2.29 bits per heavy atom. The van der Waals surface area contributed by atoms with E-state index in [1.54, 1.807) is 6.20 Å². The number of aromatic hydroxyl groups is 1. The van der Waals surface area contributed by atoms with Crippen molar-refractivity contribution in [3.8, 4) is 5.75 Å². The van der Waals surface area contributed by atoms with Crippen molar-refractivity contribution in [1.29, 1.82) is 0 Å². The zero-order chi connectivity index (χ0) is 15.4. The van der Waals surface area contributed by atoms with Gasteiger partial charge in [0.25, 0.3) is 5.69 Å². The molecule has 1 heterocycles. The Morgan fingerprint density at radius 1 is 1.52 bits per heavy atom. The number of hydrogen-bond donors (Lipinski definition) is 2. The monoisotopic (exact) mass is 310 g/mol. The van der Waals surface area contributed by atoms with Crippen LogP contribution < -0.4 is 5.32 Å². The fourth-order valence-corrected chi connectivity index (χ4v) is 1.78. The Bertz CT molecular complexity index is 686. The van der Waals surface area contributed by atoms with E-state index in [1.165, 1.54) is 10.9 Å². The third-order valence-corrected chi connectivity index (χ3v) is 2.83. The predicted octanol–water partition coefficient (Wildman–Crippen LogP) is 2.18. The molecule has 2 aromatic rings. The molecule has 8 nitrogen and oxygen atoms in total. The number of phenolic OH excluding ortho intramolecular Hbond substituents is 1. The number of nitrogens with one attached hydrogen (secondary N) is 1. The van der Waals surface area contributed by atoms with Crippen molar-refractivity contribution < 1.29 is 14.8 Å². The van der Waals surface area contributed by atoms with Crippen molar-refractivity contribution in [2.45, 2.75) is 13.0 Å². The first-order valence-electron chi connectivity index (χ1n) is 5.91. The minimum atomic E-state index is -0.610. The largest absolute Gasteiger partial charge is 0.506 e. The SMILES string of the molecule is O=C(CCn1cc(Cl)cn1)Nc1cc([N+](=O)[O-])ccc1O. The first-order valence-corrected chi connectivity index (χ1v) is 6.28. The molecule has 0 aliphatic carbocycles. The molecular weight excluding hydrogens is 300 g/mol. The van der Waals surface area contributed by atoms with E-state index in [1.807, 2.05) is 0 Å². The van der Waals surface area contributed by atoms with Gasteiger partial charge in [-0.15, -0.1) is 0 Å². The van der Waals surface area contributed by atoms with Crippen LogP contribution in [-0.4, -0.2) is 25.7 Å². The molecule has 1 amide bonds. The van der Waals surface area contributed by atoms with E-state index in [-0.39, 0.29) is 23.5 Å². The summed E-state index contributed by atoms with van der Waals surface area (Å²) in [7, 11) is 0. The Morgan fingerprint density at radius 3 is 2.90 bits per heavy atom. The maximum Gasteiger partial charge on any atom is 0.271 e. The lowest BCUT2D eigenvalue weighted by Crippen LogP contribution is -2.15. The molecule has 0 atom stereocenters. The normalized spacial score (nSPS) is 10.3. The molecule has 0 radical (unpaired) electrons. The Labute approximate surface area is 124 Å². The van der Waals surface area contributed by atoms with Crippen LogP contribution in [0, 0.1) is 10.1 Å². The summed E-state index contributed by atoms with van der Waals surface area (Å²) < 4.78 is 1.50. The van der Waals surface area contributed by atoms with Gasteiger partial charge in [0.05, 0.1) is 21.8 Å². The number of halogens is 1. The quantitative estimate of drug-likeness (QED) is 0.499. The summed E-state index contributed by atoms with van der Waals surface area (Å²) in [5.74, 6) is -0.645. The second-order valence-electron chi connectivity index (χ2n) is 4.18. The number of anilines is 1. The van der Waals surface area contributed by atoms with Crippen LogP contribution in [0.25, 0.3) is 0 Å². The number of hydrogen-bond acceptors (Lipinski definition) is 5. The van der Waals surface area contributed by atoms with Crippen LogP contribution in [0.1, 0.15) is 6.42 Å². The molecule has 0 saturated heterocycles. The number of carbonyl (C=O) groups excluding carboxylic acids is 1. The van der Waals surface area contributed by atoms with Crippen molar-refractivity contribution in [2.75, 3.05) is 5.32 Å². The number of benzene rings is 1. The van der Waals surface area contributed by atoms with Gasteiger partial charge in [-0.25, -0.2) is 0 Å². The van der Waals surface area contributed by atoms with Crippen LogP contribution in [-0.2, 0) is 11.3 Å². The van der Waals surface area contributed by atoms with E-state index in [0.29, 0.717) is 11.6 Å². The van der Waals surface area contributed by atoms with Crippen LogP contribution >= 0.6 is 11.6 Å². The Kier molecular flexibility index (Phi) is 4.39. The maximum atomic E-state index is 11.8. The highest BCUT2D eigenvalue weighted by molar-refractivity contribution is 6.30. The molecule has 21 heavy (non-hydrogen) atoms. The number of amides is 1. The Balaban J connectivity index is 1.99. The van der Waals surface area contributed by atoms with Gasteiger partial charge in [0, 0.05) is 31.3 Å². The molecule has 0 unspecified atom stereocenters. The molecule has 2 rings (SSSR count). The molecule has 0 spiro atoms. The average molecular weight is 311 g/mol. The molecule has 1 aromatic heterocycles. The van der Waals surface area contributed by atoms with Gasteiger partial charge < -0.3 is 10.4 Å². The summed E-state index contributed by atoms with van der Waals surface area (Å²) in [5.41, 5.74) is -0.227. The molecule has 110 valence electrons. The van der Waals surface area contributed by atoms with Gasteiger partial charge >= 0.3 is 0 Å². The van der Waals surface area contributed by atoms with E-state index in [9.17, 15) is 20.0 Å². The molecule has 2 N–H and O–H groups in total. The fourth-order valence-electron chi connectivity index (χ4n) is 1.63. The molecule has 0 saturated carbocycles. The topological polar surface area (TPSA) is 110 Å². The molecule has 1 aromatic carbocycles. The first-order chi connectivity index (χ1) is 9.95. The van der Waals surface area contributed by atoms with Gasteiger partial charge in [0.1, 0.15) is 5.75 Å². The number of nitrogens with zero attached hydrogens (tertiary/aromatic N) is 3. The second-order valence-corrected chi connectivity index (χ2v) is 4.61. The van der Waals surface area contributed by atoms with Gasteiger partial charge in [0.2, 0.25) is 5.91 Å². The van der Waals surface area contributed by atoms with Crippen molar-refractivity contribution in [2.24, 2.45) is 0 Å². The highest BCUT2D eigenvalue weighted by Crippen LogP contribution is 2.27. The van der Waals surface area contributed by atoms with Crippen LogP contribution in [0.2, 0.25) is 5.02 Å². The molecular formula is C12H11ClN4O4. The molecule has 9 heteroatoms. The minimum absolute atomic E-state index is 0.00676. The lowest BCUT2D eigenvalue weighted by molar-refractivity contribution is -0.384. The number of aromatic nitrogens is 2. The molecule has 0 bridgehead atoms. The van der Waals surface area contributed by atoms with Gasteiger partial charge in [-0.2, -0.15) is 5.10 Å². The summed E-state index contributed by atoms with van der Waals surface area (Å²) in [6, 6.07) is 3.40. The lowest BCUT2D eigenvalue weighted by Gasteiger charge is -2.07. The Hall–Kier alpha value is -2.61. The molecule has 0 aliphatic rings. The number of phenols is 1. The van der Waals surface area contributed by atoms with Gasteiger partial charge in [-0.1, -0.05) is 11.6 Å². The first kappa shape index (κ1) is 14.8. The van der Waals surface area contributed by atoms with Gasteiger partial charge in [-0.3, -0.25) is 19.6 Å². The predicted molar refractivity (Wildman–Crippen MR) is 75.2 cm³/mol. The van der Waals surface area contributed by atoms with E-state index >= 15 is 0 Å². The number of nitro groups is 1. The van der Waals surface area contributed by atoms with Crippen molar-refractivity contribution in [1.82, 2.24) is 9.78 Å². The van der Waals surface area contributed by atoms with Crippen molar-refractivity contribution in [3.63, 3.8) is 0 Å². The second kappa shape index (κ2) is 6.23. The number of carbonyl (C=O) groups is 1. The minimum Gasteiger partial charge on any atom is -0.506 e. The number of rotatable bonds is 5. The number of aryl methyl sites for hydroxylation is 1. The van der Waals surface area contributed by atoms with Crippen LogP contribution in [0.5, 0.6) is 5.75 Å². The van der Waals surface area contributed by atoms with Crippen molar-refractivity contribution in [3.05, 3.63) is 45.7 Å². The summed E-state index contributed by atoms with van der Waals surface area (Å²) in [4.78, 5) is 21.8. The third kappa shape index (κ3) is 3.93. The zero-order valence-electron chi connectivity index (χ0n) is 10.7. The van der Waals surface area contributed by atoms with Gasteiger partial charge in [-0.05, 0) is 6.07 Å². The van der Waals surface area contributed by atoms with Crippen LogP contribution in [0.15, 0.2) is 30.6 Å². The standard InChI is InChI=1S/C12H11ClN4O4/c13-8-6-14-16(7-8)4-3-12(19)15-10-5-9(17(20)21)1-2-11(10)18/h1-2,5-7,18H,3-4H2,(H,15,19). The van der Waals surface area contributed by atoms with Crippen LogP contribution in [0.3, 0.4) is 0 Å². The maximum absolute atomic E-state index is 11.8. The molecule has 0 aliphatic heterocycles. The van der Waals surface area contributed by atoms with Gasteiger partial charge in [0.15, 0.2) is 0 Å². The smallest absolute Gasteiger partial charge is 0.271 e. The lowest BCUT2D eigenvalue weighted by atomic mass is 10.2. The fraction of sp³-hybridized carbons (Fsp3) is 0.167. The van der Waals surface area contributed by atoms with E-state index in [0.717, 1.165) is 18.2 Å². The zero-order valence-corrected chi connectivity index (χ0v) is 11.4. The summed E-state index contributed by atoms with van der Waals surface area (Å²) in [6.45, 7) is 0.300. The van der Waals surface area contributed by atoms with E-state index in [4.69, 9.17) is 11.6 Å². The molecule has 0 fully saturated rings. The summed E-state index contributed by atoms with van der Waals surface area (Å²) in [6.07, 6.45) is 3.10.